The van der Waals surface area contributed by atoms with E-state index in [1.54, 1.807) is 18.5 Å². The quantitative estimate of drug-likeness (QED) is 0.461. The Morgan fingerprint density at radius 3 is 2.48 bits per heavy atom. The predicted molar refractivity (Wildman–Crippen MR) is 122 cm³/mol. The summed E-state index contributed by atoms with van der Waals surface area (Å²) in [5.74, 6) is -0.191. The zero-order valence-electron chi connectivity index (χ0n) is 18.9. The highest BCUT2D eigenvalue weighted by Crippen LogP contribution is 2.20. The lowest BCUT2D eigenvalue weighted by Gasteiger charge is -2.24. The molecule has 0 aliphatic carbocycles. The molecule has 0 radical (unpaired) electrons. The van der Waals surface area contributed by atoms with Crippen LogP contribution >= 0.6 is 0 Å². The minimum Gasteiger partial charge on any atom is -0.374 e. The minimum atomic E-state index is -1.07. The van der Waals surface area contributed by atoms with E-state index >= 15 is 0 Å². The number of benzene rings is 2. The Bertz CT molecular complexity index is 1060. The van der Waals surface area contributed by atoms with Gasteiger partial charge < -0.3 is 15.8 Å². The third kappa shape index (κ3) is 6.94. The van der Waals surface area contributed by atoms with Gasteiger partial charge in [0.2, 0.25) is 5.91 Å². The Kier molecular flexibility index (Phi) is 8.24. The van der Waals surface area contributed by atoms with E-state index in [1.807, 2.05) is 60.7 Å². The van der Waals surface area contributed by atoms with Gasteiger partial charge in [-0.25, -0.2) is 4.68 Å². The first-order valence-corrected chi connectivity index (χ1v) is 10.8. The van der Waals surface area contributed by atoms with Crippen LogP contribution in [0.5, 0.6) is 0 Å². The summed E-state index contributed by atoms with van der Waals surface area (Å²) in [6.07, 6.45) is 0.520. The predicted octanol–water partition coefficient (Wildman–Crippen LogP) is 2.48. The molecule has 2 atom stereocenters. The highest BCUT2D eigenvalue weighted by molar-refractivity contribution is 5.85. The molecule has 1 amide bonds. The summed E-state index contributed by atoms with van der Waals surface area (Å²) in [6, 6.07) is 21.1. The average molecular weight is 448 g/mol. The number of aromatic nitrogens is 4. The van der Waals surface area contributed by atoms with Crippen molar-refractivity contribution in [2.24, 2.45) is 5.73 Å². The summed E-state index contributed by atoms with van der Waals surface area (Å²) >= 11 is 0. The lowest BCUT2D eigenvalue weighted by atomic mass is 9.97. The highest BCUT2D eigenvalue weighted by Gasteiger charge is 2.28. The van der Waals surface area contributed by atoms with Gasteiger partial charge in [0, 0.05) is 6.54 Å². The van der Waals surface area contributed by atoms with E-state index in [2.05, 4.69) is 26.9 Å². The maximum atomic E-state index is 12.6. The number of nitrogens with two attached hydrogens (primary N) is 1. The number of rotatable bonds is 11. The largest absolute Gasteiger partial charge is 0.374 e. The Balaban J connectivity index is 1.72. The Morgan fingerprint density at radius 1 is 1.18 bits per heavy atom. The van der Waals surface area contributed by atoms with Gasteiger partial charge in [-0.05, 0) is 41.8 Å². The second-order valence-electron chi connectivity index (χ2n) is 8.39. The molecular formula is C24H29N7O2. The molecule has 2 aromatic carbocycles. The molecule has 1 heterocycles. The molecule has 1 aromatic heterocycles. The zero-order valence-corrected chi connectivity index (χ0v) is 18.9. The fourth-order valence-electron chi connectivity index (χ4n) is 3.26. The topological polar surface area (TPSA) is 132 Å². The van der Waals surface area contributed by atoms with Crippen molar-refractivity contribution in [3.63, 3.8) is 0 Å². The third-order valence-electron chi connectivity index (χ3n) is 5.15. The molecule has 3 N–H and O–H groups in total. The lowest BCUT2D eigenvalue weighted by Crippen LogP contribution is -2.51. The van der Waals surface area contributed by atoms with Crippen LogP contribution in [0, 0.1) is 11.3 Å². The molecular weight excluding hydrogens is 418 g/mol. The Hall–Kier alpha value is -3.61. The van der Waals surface area contributed by atoms with Crippen LogP contribution in [0.25, 0.3) is 0 Å². The van der Waals surface area contributed by atoms with Crippen LogP contribution in [-0.2, 0) is 22.7 Å². The summed E-state index contributed by atoms with van der Waals surface area (Å²) in [4.78, 5) is 12.6. The summed E-state index contributed by atoms with van der Waals surface area (Å²) in [5.41, 5.74) is 6.85. The van der Waals surface area contributed by atoms with Gasteiger partial charge in [0.1, 0.15) is 6.04 Å². The van der Waals surface area contributed by atoms with Crippen LogP contribution in [0.15, 0.2) is 60.7 Å². The fraction of sp³-hybridized carbons (Fsp3) is 0.375. The number of nitrogens with zero attached hydrogens (tertiary/aromatic N) is 5. The number of tetrazole rings is 1. The molecule has 1 unspecified atom stereocenters. The van der Waals surface area contributed by atoms with Crippen LogP contribution in [0.2, 0.25) is 0 Å². The van der Waals surface area contributed by atoms with Crippen LogP contribution < -0.4 is 11.1 Å². The van der Waals surface area contributed by atoms with Crippen molar-refractivity contribution in [2.45, 2.75) is 50.9 Å². The first-order chi connectivity index (χ1) is 15.9. The van der Waals surface area contributed by atoms with Crippen molar-refractivity contribution in [2.75, 3.05) is 6.61 Å². The monoisotopic (exact) mass is 447 g/mol. The SMILES string of the molecule is CC(C)(N)C(=O)N[C@H](COCc1ccccc1)c1nnnn1CCC(C#N)c1ccccc1. The van der Waals surface area contributed by atoms with E-state index in [0.717, 1.165) is 11.1 Å². The summed E-state index contributed by atoms with van der Waals surface area (Å²) in [6.45, 7) is 4.21. The fourth-order valence-corrected chi connectivity index (χ4v) is 3.26. The van der Waals surface area contributed by atoms with Gasteiger partial charge >= 0.3 is 0 Å². The van der Waals surface area contributed by atoms with Crippen LogP contribution in [0.3, 0.4) is 0 Å². The number of aryl methyl sites for hydroxylation is 1. The lowest BCUT2D eigenvalue weighted by molar-refractivity contribution is -0.126. The van der Waals surface area contributed by atoms with Gasteiger partial charge in [-0.2, -0.15) is 5.26 Å². The van der Waals surface area contributed by atoms with Gasteiger partial charge in [-0.3, -0.25) is 4.79 Å². The summed E-state index contributed by atoms with van der Waals surface area (Å²) < 4.78 is 7.48. The molecule has 3 rings (SSSR count). The zero-order chi connectivity index (χ0) is 23.7. The van der Waals surface area contributed by atoms with Crippen molar-refractivity contribution in [3.8, 4) is 6.07 Å². The van der Waals surface area contributed by atoms with E-state index in [-0.39, 0.29) is 18.4 Å². The van der Waals surface area contributed by atoms with Crippen molar-refractivity contribution in [1.29, 1.82) is 5.26 Å². The number of amides is 1. The molecule has 0 spiro atoms. The number of hydrogen-bond acceptors (Lipinski definition) is 7. The molecule has 3 aromatic rings. The van der Waals surface area contributed by atoms with E-state index in [1.165, 1.54) is 0 Å². The van der Waals surface area contributed by atoms with E-state index in [9.17, 15) is 10.1 Å². The van der Waals surface area contributed by atoms with E-state index in [4.69, 9.17) is 10.5 Å². The second kappa shape index (κ2) is 11.3. The highest BCUT2D eigenvalue weighted by atomic mass is 16.5. The van der Waals surface area contributed by atoms with E-state index in [0.29, 0.717) is 25.4 Å². The summed E-state index contributed by atoms with van der Waals surface area (Å²) in [7, 11) is 0. The molecule has 0 aliphatic rings. The average Bonchev–Trinajstić information content (AvgIpc) is 3.28. The first-order valence-electron chi connectivity index (χ1n) is 10.8. The maximum Gasteiger partial charge on any atom is 0.240 e. The number of ether oxygens (including phenoxy) is 1. The third-order valence-corrected chi connectivity index (χ3v) is 5.15. The van der Waals surface area contributed by atoms with Crippen molar-refractivity contribution in [1.82, 2.24) is 25.5 Å². The molecule has 0 fully saturated rings. The summed E-state index contributed by atoms with van der Waals surface area (Å²) in [5, 5.41) is 24.5. The molecule has 172 valence electrons. The van der Waals surface area contributed by atoms with Crippen LogP contribution in [0.4, 0.5) is 0 Å². The van der Waals surface area contributed by atoms with Gasteiger partial charge in [-0.1, -0.05) is 60.7 Å². The minimum absolute atomic E-state index is 0.164. The molecule has 9 heteroatoms. The van der Waals surface area contributed by atoms with Gasteiger partial charge in [0.15, 0.2) is 5.82 Å². The van der Waals surface area contributed by atoms with Crippen molar-refractivity contribution in [3.05, 3.63) is 77.6 Å². The number of nitrogens with one attached hydrogen (secondary N) is 1. The van der Waals surface area contributed by atoms with Crippen molar-refractivity contribution < 1.29 is 9.53 Å². The maximum absolute atomic E-state index is 12.6. The smallest absolute Gasteiger partial charge is 0.240 e. The number of nitriles is 1. The number of carbonyl (C=O) groups excluding carboxylic acids is 1. The van der Waals surface area contributed by atoms with Crippen molar-refractivity contribution >= 4 is 5.91 Å². The normalized spacial score (nSPS) is 13.2. The van der Waals surface area contributed by atoms with Crippen LogP contribution in [-0.4, -0.2) is 38.3 Å². The molecule has 0 aliphatic heterocycles. The number of carbonyl (C=O) groups is 1. The first kappa shape index (κ1) is 24.0. The molecule has 0 saturated carbocycles. The second-order valence-corrected chi connectivity index (χ2v) is 8.39. The van der Waals surface area contributed by atoms with Gasteiger partial charge in [-0.15, -0.1) is 5.10 Å². The van der Waals surface area contributed by atoms with Gasteiger partial charge in [0.25, 0.3) is 0 Å². The Morgan fingerprint density at radius 2 is 1.85 bits per heavy atom. The molecule has 0 bridgehead atoms. The van der Waals surface area contributed by atoms with Crippen LogP contribution in [0.1, 0.15) is 49.2 Å². The molecule has 33 heavy (non-hydrogen) atoms. The Labute approximate surface area is 193 Å². The number of hydrogen-bond donors (Lipinski definition) is 2. The molecule has 0 saturated heterocycles. The van der Waals surface area contributed by atoms with Gasteiger partial charge in [0.05, 0.1) is 30.7 Å². The molecule has 9 nitrogen and oxygen atoms in total. The van der Waals surface area contributed by atoms with E-state index < -0.39 is 11.6 Å². The standard InChI is InChI=1S/C24H29N7O2/c1-24(2,26)23(32)27-21(17-33-16-18-9-5-3-6-10-18)22-28-29-30-31(22)14-13-20(15-25)19-11-7-4-8-12-19/h3-12,20-21H,13-14,16-17,26H2,1-2H3,(H,27,32)/t20?,21-/m1/s1.